The minimum atomic E-state index is -3.53. The van der Waals surface area contributed by atoms with E-state index in [4.69, 9.17) is 5.73 Å². The molecule has 4 nitrogen and oxygen atoms in total. The molecule has 1 aromatic carbocycles. The standard InChI is InChI=1S/C14H22N2O2S2/c1-10-3-4-11(2)14(13(10)15)20(17,18)16-9-12-5-7-19-8-6-12/h3-4,12,16H,5-9,15H2,1-2H3. The summed E-state index contributed by atoms with van der Waals surface area (Å²) in [5, 5.41) is 0. The van der Waals surface area contributed by atoms with Crippen molar-refractivity contribution in [3.8, 4) is 0 Å². The molecule has 1 aliphatic heterocycles. The van der Waals surface area contributed by atoms with Crippen molar-refractivity contribution in [1.29, 1.82) is 0 Å². The van der Waals surface area contributed by atoms with E-state index in [1.165, 1.54) is 0 Å². The zero-order valence-corrected chi connectivity index (χ0v) is 13.6. The molecule has 2 rings (SSSR count). The molecule has 1 aliphatic rings. The van der Waals surface area contributed by atoms with E-state index in [0.717, 1.165) is 29.9 Å². The highest BCUT2D eigenvalue weighted by molar-refractivity contribution is 7.99. The van der Waals surface area contributed by atoms with Crippen LogP contribution in [0.4, 0.5) is 5.69 Å². The lowest BCUT2D eigenvalue weighted by molar-refractivity contribution is 0.476. The van der Waals surface area contributed by atoms with Crippen LogP contribution in [0.2, 0.25) is 0 Å². The van der Waals surface area contributed by atoms with Crippen LogP contribution in [0.3, 0.4) is 0 Å². The summed E-state index contributed by atoms with van der Waals surface area (Å²) in [6, 6.07) is 3.65. The summed E-state index contributed by atoms with van der Waals surface area (Å²) < 4.78 is 27.7. The van der Waals surface area contributed by atoms with Crippen LogP contribution in [0, 0.1) is 19.8 Å². The SMILES string of the molecule is Cc1ccc(C)c(S(=O)(=O)NCC2CCSCC2)c1N. The van der Waals surface area contributed by atoms with E-state index in [2.05, 4.69) is 4.72 Å². The number of nitrogens with two attached hydrogens (primary N) is 1. The summed E-state index contributed by atoms with van der Waals surface area (Å²) in [6.07, 6.45) is 2.16. The second-order valence-electron chi connectivity index (χ2n) is 5.35. The molecule has 0 radical (unpaired) electrons. The van der Waals surface area contributed by atoms with E-state index >= 15 is 0 Å². The molecule has 112 valence electrons. The third kappa shape index (κ3) is 3.48. The van der Waals surface area contributed by atoms with Crippen LogP contribution >= 0.6 is 11.8 Å². The third-order valence-electron chi connectivity index (χ3n) is 3.78. The molecular formula is C14H22N2O2S2. The Bertz CT molecular complexity index is 579. The molecule has 3 N–H and O–H groups in total. The number of sulfonamides is 1. The maximum atomic E-state index is 12.5. The van der Waals surface area contributed by atoms with Crippen molar-refractivity contribution in [3.05, 3.63) is 23.3 Å². The number of rotatable bonds is 4. The number of hydrogen-bond donors (Lipinski definition) is 2. The van der Waals surface area contributed by atoms with Crippen molar-refractivity contribution in [2.75, 3.05) is 23.8 Å². The van der Waals surface area contributed by atoms with Gasteiger partial charge in [-0.2, -0.15) is 11.8 Å². The number of benzene rings is 1. The largest absolute Gasteiger partial charge is 0.397 e. The van der Waals surface area contributed by atoms with E-state index in [0.29, 0.717) is 23.7 Å². The topological polar surface area (TPSA) is 72.2 Å². The Balaban J connectivity index is 2.16. The lowest BCUT2D eigenvalue weighted by atomic mass is 10.0. The molecule has 0 aliphatic carbocycles. The van der Waals surface area contributed by atoms with Gasteiger partial charge in [0.15, 0.2) is 0 Å². The van der Waals surface area contributed by atoms with Crippen LogP contribution in [0.25, 0.3) is 0 Å². The smallest absolute Gasteiger partial charge is 0.242 e. The fourth-order valence-electron chi connectivity index (χ4n) is 2.41. The first-order valence-electron chi connectivity index (χ1n) is 6.85. The third-order valence-corrected chi connectivity index (χ3v) is 6.46. The minimum absolute atomic E-state index is 0.239. The van der Waals surface area contributed by atoms with Crippen LogP contribution in [0.5, 0.6) is 0 Å². The maximum absolute atomic E-state index is 12.5. The first-order chi connectivity index (χ1) is 9.42. The molecule has 0 unspecified atom stereocenters. The Morgan fingerprint density at radius 3 is 2.50 bits per heavy atom. The Morgan fingerprint density at radius 1 is 1.25 bits per heavy atom. The first-order valence-corrected chi connectivity index (χ1v) is 9.48. The van der Waals surface area contributed by atoms with E-state index in [-0.39, 0.29) is 4.90 Å². The molecule has 0 amide bonds. The molecule has 0 aromatic heterocycles. The molecule has 0 atom stereocenters. The Kier molecular flexibility index (Phi) is 4.99. The fraction of sp³-hybridized carbons (Fsp3) is 0.571. The number of aryl methyl sites for hydroxylation is 2. The van der Waals surface area contributed by atoms with Gasteiger partial charge in [0.2, 0.25) is 10.0 Å². The summed E-state index contributed by atoms with van der Waals surface area (Å²) in [5.74, 6) is 2.69. The highest BCUT2D eigenvalue weighted by Gasteiger charge is 2.23. The van der Waals surface area contributed by atoms with Crippen molar-refractivity contribution in [3.63, 3.8) is 0 Å². The molecule has 1 saturated heterocycles. The van der Waals surface area contributed by atoms with Gasteiger partial charge in [-0.25, -0.2) is 13.1 Å². The molecule has 1 aromatic rings. The highest BCUT2D eigenvalue weighted by Crippen LogP contribution is 2.27. The monoisotopic (exact) mass is 314 g/mol. The summed E-state index contributed by atoms with van der Waals surface area (Å²) >= 11 is 1.94. The van der Waals surface area contributed by atoms with Crippen molar-refractivity contribution in [2.45, 2.75) is 31.6 Å². The molecule has 1 fully saturated rings. The number of nitrogen functional groups attached to an aromatic ring is 1. The zero-order chi connectivity index (χ0) is 14.8. The lowest BCUT2D eigenvalue weighted by Gasteiger charge is -2.22. The van der Waals surface area contributed by atoms with E-state index in [9.17, 15) is 8.42 Å². The predicted octanol–water partition coefficient (Wildman–Crippen LogP) is 2.31. The molecule has 20 heavy (non-hydrogen) atoms. The normalized spacial score (nSPS) is 17.3. The van der Waals surface area contributed by atoms with Gasteiger partial charge in [-0.1, -0.05) is 12.1 Å². The van der Waals surface area contributed by atoms with E-state index in [1.54, 1.807) is 13.0 Å². The zero-order valence-electron chi connectivity index (χ0n) is 12.0. The summed E-state index contributed by atoms with van der Waals surface area (Å²) in [4.78, 5) is 0.239. The molecule has 1 heterocycles. The van der Waals surface area contributed by atoms with Crippen LogP contribution in [0.1, 0.15) is 24.0 Å². The van der Waals surface area contributed by atoms with Gasteiger partial charge >= 0.3 is 0 Å². The quantitative estimate of drug-likeness (QED) is 0.837. The van der Waals surface area contributed by atoms with Crippen molar-refractivity contribution in [2.24, 2.45) is 5.92 Å². The highest BCUT2D eigenvalue weighted by atomic mass is 32.2. The van der Waals surface area contributed by atoms with Gasteiger partial charge in [-0.15, -0.1) is 0 Å². The first kappa shape index (κ1) is 15.7. The summed E-state index contributed by atoms with van der Waals surface area (Å²) in [5.41, 5.74) is 7.80. The van der Waals surface area contributed by atoms with E-state index in [1.807, 2.05) is 24.8 Å². The van der Waals surface area contributed by atoms with Gasteiger partial charge in [0.05, 0.1) is 5.69 Å². The van der Waals surface area contributed by atoms with Gasteiger partial charge in [0.1, 0.15) is 4.90 Å². The van der Waals surface area contributed by atoms with Crippen LogP contribution < -0.4 is 10.5 Å². The number of hydrogen-bond acceptors (Lipinski definition) is 4. The number of thioether (sulfide) groups is 1. The molecular weight excluding hydrogens is 292 g/mol. The lowest BCUT2D eigenvalue weighted by Crippen LogP contribution is -2.32. The second-order valence-corrected chi connectivity index (χ2v) is 8.28. The van der Waals surface area contributed by atoms with Crippen LogP contribution in [0.15, 0.2) is 17.0 Å². The number of anilines is 1. The van der Waals surface area contributed by atoms with E-state index < -0.39 is 10.0 Å². The second kappa shape index (κ2) is 6.37. The summed E-state index contributed by atoms with van der Waals surface area (Å²) in [6.45, 7) is 4.11. The van der Waals surface area contributed by atoms with Gasteiger partial charge in [-0.05, 0) is 55.2 Å². The molecule has 0 bridgehead atoms. The molecule has 6 heteroatoms. The summed E-state index contributed by atoms with van der Waals surface area (Å²) in [7, 11) is -3.53. The Hall–Kier alpha value is -0.720. The number of nitrogens with one attached hydrogen (secondary N) is 1. The fourth-order valence-corrected chi connectivity index (χ4v) is 5.16. The van der Waals surface area contributed by atoms with Crippen molar-refractivity contribution >= 4 is 27.5 Å². The van der Waals surface area contributed by atoms with Gasteiger partial charge < -0.3 is 5.73 Å². The Labute approximate surface area is 125 Å². The van der Waals surface area contributed by atoms with Gasteiger partial charge in [0.25, 0.3) is 0 Å². The van der Waals surface area contributed by atoms with Gasteiger partial charge in [-0.3, -0.25) is 0 Å². The average molecular weight is 314 g/mol. The van der Waals surface area contributed by atoms with Crippen LogP contribution in [-0.2, 0) is 10.0 Å². The molecule has 0 spiro atoms. The van der Waals surface area contributed by atoms with Crippen molar-refractivity contribution < 1.29 is 8.42 Å². The Morgan fingerprint density at radius 2 is 1.85 bits per heavy atom. The predicted molar refractivity (Wildman–Crippen MR) is 85.6 cm³/mol. The molecule has 0 saturated carbocycles. The van der Waals surface area contributed by atoms with Gasteiger partial charge in [0, 0.05) is 6.54 Å². The van der Waals surface area contributed by atoms with Crippen molar-refractivity contribution in [1.82, 2.24) is 4.72 Å². The average Bonchev–Trinajstić information content (AvgIpc) is 2.42. The minimum Gasteiger partial charge on any atom is -0.397 e. The van der Waals surface area contributed by atoms with Crippen LogP contribution in [-0.4, -0.2) is 26.5 Å². The maximum Gasteiger partial charge on any atom is 0.242 e.